The number of nitrogens with one attached hydrogen (secondary N) is 2. The smallest absolute Gasteiger partial charge is 0.251 e. The Morgan fingerprint density at radius 2 is 2.38 bits per heavy atom. The Hall–Kier alpha value is -1.62. The maximum absolute atomic E-state index is 12.1. The van der Waals surface area contributed by atoms with Gasteiger partial charge in [0.2, 0.25) is 0 Å². The Balaban J connectivity index is 1.82. The molecule has 5 nitrogen and oxygen atoms in total. The van der Waals surface area contributed by atoms with E-state index in [0.29, 0.717) is 18.0 Å². The zero-order valence-electron chi connectivity index (χ0n) is 12.9. The fourth-order valence-electron chi connectivity index (χ4n) is 2.27. The monoisotopic (exact) mass is 291 g/mol. The molecule has 116 valence electrons. The second-order valence-corrected chi connectivity index (χ2v) is 5.88. The lowest BCUT2D eigenvalue weighted by Gasteiger charge is -2.12. The second-order valence-electron chi connectivity index (χ2n) is 5.88. The number of nitrogens with zero attached hydrogens (tertiary/aromatic N) is 1. The average molecular weight is 291 g/mol. The van der Waals surface area contributed by atoms with Crippen LogP contribution in [0, 0.1) is 5.92 Å². The third-order valence-corrected chi connectivity index (χ3v) is 3.56. The highest BCUT2D eigenvalue weighted by molar-refractivity contribution is 5.94. The number of hydrogen-bond donors (Lipinski definition) is 2. The van der Waals surface area contributed by atoms with Crippen molar-refractivity contribution in [2.45, 2.75) is 39.2 Å². The SMILES string of the molecule is CC(C)CCNc1cc(C(=O)NCC2CCCO2)ccn1. The van der Waals surface area contributed by atoms with E-state index in [2.05, 4.69) is 29.5 Å². The highest BCUT2D eigenvalue weighted by Crippen LogP contribution is 2.12. The maximum atomic E-state index is 12.1. The summed E-state index contributed by atoms with van der Waals surface area (Å²) < 4.78 is 5.50. The molecule has 2 N–H and O–H groups in total. The van der Waals surface area contributed by atoms with Crippen LogP contribution >= 0.6 is 0 Å². The van der Waals surface area contributed by atoms with Crippen LogP contribution in [0.25, 0.3) is 0 Å². The van der Waals surface area contributed by atoms with Crippen molar-refractivity contribution in [3.8, 4) is 0 Å². The fraction of sp³-hybridized carbons (Fsp3) is 0.625. The molecule has 1 aliphatic heterocycles. The molecule has 1 unspecified atom stereocenters. The van der Waals surface area contributed by atoms with E-state index in [9.17, 15) is 4.79 Å². The first-order valence-corrected chi connectivity index (χ1v) is 7.75. The van der Waals surface area contributed by atoms with Gasteiger partial charge in [-0.3, -0.25) is 4.79 Å². The molecule has 5 heteroatoms. The summed E-state index contributed by atoms with van der Waals surface area (Å²) in [5.74, 6) is 1.33. The van der Waals surface area contributed by atoms with Crippen LogP contribution in [-0.2, 0) is 4.74 Å². The standard InChI is InChI=1S/C16H25N3O2/c1-12(2)5-7-17-15-10-13(6-8-18-15)16(20)19-11-14-4-3-9-21-14/h6,8,10,12,14H,3-5,7,9,11H2,1-2H3,(H,17,18)(H,19,20). The minimum Gasteiger partial charge on any atom is -0.376 e. The highest BCUT2D eigenvalue weighted by Gasteiger charge is 2.16. The number of hydrogen-bond acceptors (Lipinski definition) is 4. The molecule has 0 spiro atoms. The molecule has 1 atom stereocenters. The summed E-state index contributed by atoms with van der Waals surface area (Å²) in [7, 11) is 0. The third-order valence-electron chi connectivity index (χ3n) is 3.56. The molecule has 0 bridgehead atoms. The number of pyridine rings is 1. The third kappa shape index (κ3) is 5.34. The lowest BCUT2D eigenvalue weighted by Crippen LogP contribution is -2.31. The molecule has 1 fully saturated rings. The Morgan fingerprint density at radius 1 is 1.52 bits per heavy atom. The molecule has 1 saturated heterocycles. The molecule has 2 heterocycles. The van der Waals surface area contributed by atoms with Gasteiger partial charge in [0.05, 0.1) is 6.10 Å². The van der Waals surface area contributed by atoms with E-state index in [0.717, 1.165) is 38.2 Å². The molecule has 1 aromatic rings. The van der Waals surface area contributed by atoms with E-state index >= 15 is 0 Å². The highest BCUT2D eigenvalue weighted by atomic mass is 16.5. The van der Waals surface area contributed by atoms with Crippen molar-refractivity contribution in [2.24, 2.45) is 5.92 Å². The predicted molar refractivity (Wildman–Crippen MR) is 83.5 cm³/mol. The molecule has 1 aliphatic rings. The predicted octanol–water partition coefficient (Wildman–Crippen LogP) is 2.45. The Bertz CT molecular complexity index is 457. The van der Waals surface area contributed by atoms with E-state index in [-0.39, 0.29) is 12.0 Å². The van der Waals surface area contributed by atoms with Crippen LogP contribution in [0.5, 0.6) is 0 Å². The fourth-order valence-corrected chi connectivity index (χ4v) is 2.27. The number of carbonyl (C=O) groups excluding carboxylic acids is 1. The van der Waals surface area contributed by atoms with Crippen molar-refractivity contribution in [3.63, 3.8) is 0 Å². The van der Waals surface area contributed by atoms with E-state index in [4.69, 9.17) is 4.74 Å². The summed E-state index contributed by atoms with van der Waals surface area (Å²) >= 11 is 0. The van der Waals surface area contributed by atoms with Crippen LogP contribution in [-0.4, -0.2) is 36.7 Å². The number of anilines is 1. The second kappa shape index (κ2) is 7.98. The molecular formula is C16H25N3O2. The van der Waals surface area contributed by atoms with Gasteiger partial charge in [-0.05, 0) is 37.3 Å². The first-order valence-electron chi connectivity index (χ1n) is 7.75. The molecular weight excluding hydrogens is 266 g/mol. The summed E-state index contributed by atoms with van der Waals surface area (Å²) in [6.07, 6.45) is 5.02. The number of amides is 1. The average Bonchev–Trinajstić information content (AvgIpc) is 2.98. The van der Waals surface area contributed by atoms with E-state index in [1.54, 1.807) is 18.3 Å². The molecule has 1 amide bonds. The lowest BCUT2D eigenvalue weighted by molar-refractivity contribution is 0.0857. The summed E-state index contributed by atoms with van der Waals surface area (Å²) in [5.41, 5.74) is 0.634. The molecule has 2 rings (SSSR count). The van der Waals surface area contributed by atoms with Gasteiger partial charge >= 0.3 is 0 Å². The Kier molecular flexibility index (Phi) is 5.99. The maximum Gasteiger partial charge on any atom is 0.251 e. The van der Waals surface area contributed by atoms with Gasteiger partial charge in [-0.15, -0.1) is 0 Å². The largest absolute Gasteiger partial charge is 0.376 e. The van der Waals surface area contributed by atoms with E-state index in [1.807, 2.05) is 0 Å². The van der Waals surface area contributed by atoms with Gasteiger partial charge < -0.3 is 15.4 Å². The number of ether oxygens (including phenoxy) is 1. The van der Waals surface area contributed by atoms with Gasteiger partial charge in [-0.2, -0.15) is 0 Å². The van der Waals surface area contributed by atoms with Crippen LogP contribution in [0.1, 0.15) is 43.5 Å². The van der Waals surface area contributed by atoms with Crippen molar-refractivity contribution in [1.82, 2.24) is 10.3 Å². The molecule has 0 aliphatic carbocycles. The first kappa shape index (κ1) is 15.8. The normalized spacial score (nSPS) is 18.0. The minimum atomic E-state index is -0.0696. The van der Waals surface area contributed by atoms with Gasteiger partial charge in [0.15, 0.2) is 0 Å². The number of carbonyl (C=O) groups is 1. The molecule has 0 radical (unpaired) electrons. The van der Waals surface area contributed by atoms with Gasteiger partial charge in [0, 0.05) is 31.5 Å². The molecule has 0 saturated carbocycles. The Morgan fingerprint density at radius 3 is 3.10 bits per heavy atom. The zero-order valence-corrected chi connectivity index (χ0v) is 12.9. The topological polar surface area (TPSA) is 63.2 Å². The van der Waals surface area contributed by atoms with E-state index in [1.165, 1.54) is 0 Å². The van der Waals surface area contributed by atoms with Crippen molar-refractivity contribution >= 4 is 11.7 Å². The Labute approximate surface area is 126 Å². The molecule has 0 aromatic carbocycles. The van der Waals surface area contributed by atoms with Gasteiger partial charge in [0.25, 0.3) is 5.91 Å². The first-order chi connectivity index (χ1) is 10.1. The minimum absolute atomic E-state index is 0.0696. The van der Waals surface area contributed by atoms with Crippen molar-refractivity contribution < 1.29 is 9.53 Å². The quantitative estimate of drug-likeness (QED) is 0.810. The van der Waals surface area contributed by atoms with Crippen molar-refractivity contribution in [3.05, 3.63) is 23.9 Å². The van der Waals surface area contributed by atoms with Crippen molar-refractivity contribution in [2.75, 3.05) is 25.0 Å². The summed E-state index contributed by atoms with van der Waals surface area (Å²) in [5, 5.41) is 6.18. The van der Waals surface area contributed by atoms with Gasteiger partial charge in [-0.1, -0.05) is 13.8 Å². The van der Waals surface area contributed by atoms with Gasteiger partial charge in [-0.25, -0.2) is 4.98 Å². The number of rotatable bonds is 7. The van der Waals surface area contributed by atoms with Crippen LogP contribution in [0.3, 0.4) is 0 Å². The van der Waals surface area contributed by atoms with Crippen LogP contribution in [0.2, 0.25) is 0 Å². The van der Waals surface area contributed by atoms with Crippen LogP contribution < -0.4 is 10.6 Å². The van der Waals surface area contributed by atoms with Crippen LogP contribution in [0.15, 0.2) is 18.3 Å². The molecule has 1 aromatic heterocycles. The van der Waals surface area contributed by atoms with Crippen LogP contribution in [0.4, 0.5) is 5.82 Å². The summed E-state index contributed by atoms with van der Waals surface area (Å²) in [6, 6.07) is 3.53. The number of aromatic nitrogens is 1. The molecule has 21 heavy (non-hydrogen) atoms. The van der Waals surface area contributed by atoms with E-state index < -0.39 is 0 Å². The van der Waals surface area contributed by atoms with Gasteiger partial charge in [0.1, 0.15) is 5.82 Å². The zero-order chi connectivity index (χ0) is 15.1. The van der Waals surface area contributed by atoms with Crippen molar-refractivity contribution in [1.29, 1.82) is 0 Å². The summed E-state index contributed by atoms with van der Waals surface area (Å²) in [6.45, 7) is 6.62. The lowest BCUT2D eigenvalue weighted by atomic mass is 10.1. The summed E-state index contributed by atoms with van der Waals surface area (Å²) in [4.78, 5) is 16.4.